The standard InChI is InChI=1S/C42H32N2O5/c1-25-10-7-8-21-43(30-14-9-13-27(22-30)26-11-3-2-4-12-26)34-19-17-28(23-32(25)34)29-18-20-36-33(24-29)31-15-5-6-16-35(31)44(36)37-38(45)40(47)42(49)41(48)39(37)46/h2-16,18-24,28,45-49H,1,17H2/b10-7-,21-8-. The van der Waals surface area contributed by atoms with Crippen LogP contribution in [0.25, 0.3) is 38.6 Å². The van der Waals surface area contributed by atoms with Crippen LogP contribution in [0.3, 0.4) is 0 Å². The Bertz CT molecular complexity index is 2420. The Kier molecular flexibility index (Phi) is 7.04. The normalized spacial score (nSPS) is 17.3. The van der Waals surface area contributed by atoms with Crippen LogP contribution in [0.15, 0.2) is 157 Å². The zero-order valence-electron chi connectivity index (χ0n) is 26.3. The van der Waals surface area contributed by atoms with Crippen molar-refractivity contribution in [3.8, 4) is 45.6 Å². The number of hydrogen-bond donors (Lipinski definition) is 5. The number of benzene rings is 5. The Morgan fingerprint density at radius 2 is 1.33 bits per heavy atom. The summed E-state index contributed by atoms with van der Waals surface area (Å²) in [6.07, 6.45) is 13.4. The number of fused-ring (bicyclic) bond motifs is 4. The first kappa shape index (κ1) is 29.8. The summed E-state index contributed by atoms with van der Waals surface area (Å²) in [4.78, 5) is 2.21. The molecule has 0 amide bonds. The third-order valence-electron chi connectivity index (χ3n) is 9.38. The van der Waals surface area contributed by atoms with Gasteiger partial charge >= 0.3 is 0 Å². The van der Waals surface area contributed by atoms with Gasteiger partial charge in [-0.3, -0.25) is 0 Å². The minimum absolute atomic E-state index is 0.0277. The molecule has 6 aromatic rings. The predicted octanol–water partition coefficient (Wildman–Crippen LogP) is 9.42. The van der Waals surface area contributed by atoms with Crippen LogP contribution in [0.5, 0.6) is 28.7 Å². The second-order valence-corrected chi connectivity index (χ2v) is 12.2. The molecule has 7 heteroatoms. The van der Waals surface area contributed by atoms with E-state index >= 15 is 0 Å². The fourth-order valence-corrected chi connectivity index (χ4v) is 6.95. The van der Waals surface area contributed by atoms with Gasteiger partial charge in [0.05, 0.1) is 11.0 Å². The lowest BCUT2D eigenvalue weighted by molar-refractivity contribution is 0.327. The summed E-state index contributed by atoms with van der Waals surface area (Å²) in [7, 11) is 0. The van der Waals surface area contributed by atoms with Crippen LogP contribution in [0.1, 0.15) is 17.9 Å². The van der Waals surface area contributed by atoms with Crippen molar-refractivity contribution < 1.29 is 25.5 Å². The van der Waals surface area contributed by atoms with Crippen LogP contribution in [-0.4, -0.2) is 30.1 Å². The molecule has 0 bridgehead atoms. The van der Waals surface area contributed by atoms with E-state index in [1.165, 1.54) is 0 Å². The maximum atomic E-state index is 10.8. The first-order valence-corrected chi connectivity index (χ1v) is 15.9. The molecule has 0 saturated carbocycles. The predicted molar refractivity (Wildman–Crippen MR) is 194 cm³/mol. The lowest BCUT2D eigenvalue weighted by Crippen LogP contribution is -2.21. The van der Waals surface area contributed by atoms with E-state index in [2.05, 4.69) is 72.3 Å². The number of phenols is 5. The Balaban J connectivity index is 1.22. The van der Waals surface area contributed by atoms with E-state index in [4.69, 9.17) is 0 Å². The highest BCUT2D eigenvalue weighted by Crippen LogP contribution is 2.54. The fourth-order valence-electron chi connectivity index (χ4n) is 6.95. The van der Waals surface area contributed by atoms with Crippen molar-refractivity contribution in [2.24, 2.45) is 0 Å². The van der Waals surface area contributed by atoms with E-state index < -0.39 is 28.7 Å². The number of phenolic OH excluding ortho intramolecular Hbond substituents is 5. The monoisotopic (exact) mass is 644 g/mol. The fraction of sp³-hybridized carbons (Fsp3) is 0.0476. The first-order chi connectivity index (χ1) is 23.8. The lowest BCUT2D eigenvalue weighted by Gasteiger charge is -2.31. The molecule has 5 N–H and O–H groups in total. The molecule has 8 rings (SSSR count). The highest BCUT2D eigenvalue weighted by Gasteiger charge is 2.28. The molecule has 0 fully saturated rings. The van der Waals surface area contributed by atoms with Gasteiger partial charge < -0.3 is 35.0 Å². The third kappa shape index (κ3) is 4.83. The van der Waals surface area contributed by atoms with Crippen molar-refractivity contribution >= 4 is 27.5 Å². The van der Waals surface area contributed by atoms with Crippen LogP contribution < -0.4 is 4.90 Å². The number of anilines is 1. The lowest BCUT2D eigenvalue weighted by atomic mass is 9.84. The maximum Gasteiger partial charge on any atom is 0.208 e. The number of para-hydroxylation sites is 1. The zero-order chi connectivity index (χ0) is 33.8. The minimum atomic E-state index is -0.997. The Hall–Kier alpha value is -6.60. The molecule has 0 saturated heterocycles. The average molecular weight is 645 g/mol. The quantitative estimate of drug-likeness (QED) is 0.0967. The number of nitrogens with zero attached hydrogens (tertiary/aromatic N) is 2. The molecule has 7 nitrogen and oxygen atoms in total. The van der Waals surface area contributed by atoms with Crippen LogP contribution in [0.2, 0.25) is 0 Å². The average Bonchev–Trinajstić information content (AvgIpc) is 3.46. The topological polar surface area (TPSA) is 109 Å². The van der Waals surface area contributed by atoms with Crippen LogP contribution in [0.4, 0.5) is 5.69 Å². The summed E-state index contributed by atoms with van der Waals surface area (Å²) in [6, 6.07) is 32.4. The molecule has 2 aliphatic rings. The summed E-state index contributed by atoms with van der Waals surface area (Å²) in [5, 5.41) is 54.1. The minimum Gasteiger partial charge on any atom is -0.503 e. The van der Waals surface area contributed by atoms with E-state index in [1.54, 1.807) is 4.57 Å². The van der Waals surface area contributed by atoms with Gasteiger partial charge in [-0.15, -0.1) is 0 Å². The highest BCUT2D eigenvalue weighted by molar-refractivity contribution is 6.10. The number of aromatic nitrogens is 1. The maximum absolute atomic E-state index is 10.8. The molecule has 1 aliphatic carbocycles. The van der Waals surface area contributed by atoms with E-state index in [1.807, 2.05) is 72.8 Å². The number of allylic oxidation sites excluding steroid dienone is 6. The summed E-state index contributed by atoms with van der Waals surface area (Å²) < 4.78 is 1.57. The van der Waals surface area contributed by atoms with Crippen molar-refractivity contribution in [2.45, 2.75) is 12.3 Å². The van der Waals surface area contributed by atoms with E-state index in [0.717, 1.165) is 56.4 Å². The summed E-state index contributed by atoms with van der Waals surface area (Å²) in [5.74, 6) is -4.32. The first-order valence-electron chi connectivity index (χ1n) is 15.9. The molecule has 1 atom stereocenters. The van der Waals surface area contributed by atoms with Gasteiger partial charge in [-0.1, -0.05) is 97.6 Å². The van der Waals surface area contributed by atoms with Gasteiger partial charge in [0, 0.05) is 39.8 Å². The van der Waals surface area contributed by atoms with Crippen LogP contribution in [0, 0.1) is 0 Å². The molecule has 0 radical (unpaired) electrons. The number of rotatable bonds is 4. The molecule has 2 heterocycles. The van der Waals surface area contributed by atoms with Crippen molar-refractivity contribution in [2.75, 3.05) is 4.90 Å². The smallest absolute Gasteiger partial charge is 0.208 e. The highest BCUT2D eigenvalue weighted by atomic mass is 16.4. The van der Waals surface area contributed by atoms with Gasteiger partial charge in [0.25, 0.3) is 0 Å². The number of aromatic hydroxyl groups is 5. The van der Waals surface area contributed by atoms with Gasteiger partial charge in [-0.2, -0.15) is 0 Å². The number of hydrogen-bond acceptors (Lipinski definition) is 6. The van der Waals surface area contributed by atoms with E-state index in [0.29, 0.717) is 11.0 Å². The van der Waals surface area contributed by atoms with Crippen molar-refractivity contribution in [3.05, 3.63) is 163 Å². The van der Waals surface area contributed by atoms with Gasteiger partial charge in [0.1, 0.15) is 5.69 Å². The summed E-state index contributed by atoms with van der Waals surface area (Å²) >= 11 is 0. The second kappa shape index (κ2) is 11.6. The molecule has 1 aliphatic heterocycles. The SMILES string of the molecule is C=C1/C=C\C=C/N(c2cccc(-c3ccccc3)c2)C2=CCC(c3ccc4c(c3)c3ccccc3n4-c3c(O)c(O)c(O)c(O)c3O)C=C12. The zero-order valence-corrected chi connectivity index (χ0v) is 26.3. The van der Waals surface area contributed by atoms with Crippen LogP contribution >= 0.6 is 0 Å². The Morgan fingerprint density at radius 1 is 0.633 bits per heavy atom. The molecule has 49 heavy (non-hydrogen) atoms. The van der Waals surface area contributed by atoms with Crippen molar-refractivity contribution in [3.63, 3.8) is 0 Å². The molecule has 1 unspecified atom stereocenters. The largest absolute Gasteiger partial charge is 0.503 e. The molecule has 240 valence electrons. The van der Waals surface area contributed by atoms with E-state index in [-0.39, 0.29) is 11.6 Å². The molecular weight excluding hydrogens is 612 g/mol. The van der Waals surface area contributed by atoms with Gasteiger partial charge in [-0.25, -0.2) is 0 Å². The van der Waals surface area contributed by atoms with Gasteiger partial charge in [-0.05, 0) is 65.1 Å². The Morgan fingerprint density at radius 3 is 2.12 bits per heavy atom. The molecule has 1 aromatic heterocycles. The second-order valence-electron chi connectivity index (χ2n) is 12.2. The summed E-state index contributed by atoms with van der Waals surface area (Å²) in [6.45, 7) is 4.42. The van der Waals surface area contributed by atoms with Gasteiger partial charge in [0.2, 0.25) is 17.2 Å². The molecular formula is C42H32N2O5. The molecule has 0 spiro atoms. The molecule has 5 aromatic carbocycles. The van der Waals surface area contributed by atoms with Gasteiger partial charge in [0.15, 0.2) is 11.5 Å². The van der Waals surface area contributed by atoms with Crippen molar-refractivity contribution in [1.82, 2.24) is 4.57 Å². The third-order valence-corrected chi connectivity index (χ3v) is 9.38. The van der Waals surface area contributed by atoms with Crippen LogP contribution in [-0.2, 0) is 0 Å². The summed E-state index contributed by atoms with van der Waals surface area (Å²) in [5.41, 5.74) is 8.42. The van der Waals surface area contributed by atoms with E-state index in [9.17, 15) is 25.5 Å². The van der Waals surface area contributed by atoms with Crippen molar-refractivity contribution in [1.29, 1.82) is 0 Å². The Labute approximate surface area is 282 Å².